The molecule has 0 rings (SSSR count). The average molecular weight is 224 g/mol. The van der Waals surface area contributed by atoms with E-state index >= 15 is 0 Å². The lowest BCUT2D eigenvalue weighted by molar-refractivity contribution is 0.384. The van der Waals surface area contributed by atoms with Crippen LogP contribution in [0.5, 0.6) is 0 Å². The monoisotopic (exact) mass is 224 g/mol. The Labute approximate surface area is 101 Å². The van der Waals surface area contributed by atoms with Crippen LogP contribution < -0.4 is 5.32 Å². The SMILES string of the molecule is CCC(C)CC(C)NCCCC(C)(C)C#N. The Hall–Kier alpha value is -0.550. The van der Waals surface area contributed by atoms with Gasteiger partial charge < -0.3 is 5.32 Å². The lowest BCUT2D eigenvalue weighted by atomic mass is 9.90. The summed E-state index contributed by atoms with van der Waals surface area (Å²) in [6, 6.07) is 2.94. The van der Waals surface area contributed by atoms with E-state index in [1.807, 2.05) is 13.8 Å². The van der Waals surface area contributed by atoms with Gasteiger partial charge in [0.1, 0.15) is 0 Å². The van der Waals surface area contributed by atoms with E-state index in [1.165, 1.54) is 12.8 Å². The molecule has 0 fully saturated rings. The van der Waals surface area contributed by atoms with E-state index in [0.717, 1.165) is 25.3 Å². The summed E-state index contributed by atoms with van der Waals surface area (Å²) in [5.41, 5.74) is -0.165. The summed E-state index contributed by atoms with van der Waals surface area (Å²) >= 11 is 0. The second-order valence-electron chi connectivity index (χ2n) is 5.70. The molecule has 0 aromatic heterocycles. The van der Waals surface area contributed by atoms with Gasteiger partial charge in [-0.1, -0.05) is 20.3 Å². The molecule has 2 nitrogen and oxygen atoms in total. The molecule has 0 bridgehead atoms. The van der Waals surface area contributed by atoms with Gasteiger partial charge in [0, 0.05) is 6.04 Å². The van der Waals surface area contributed by atoms with Gasteiger partial charge in [0.15, 0.2) is 0 Å². The normalized spacial score (nSPS) is 15.5. The molecule has 0 spiro atoms. The summed E-state index contributed by atoms with van der Waals surface area (Å²) in [5, 5.41) is 12.4. The quantitative estimate of drug-likeness (QED) is 0.638. The zero-order chi connectivity index (χ0) is 12.6. The van der Waals surface area contributed by atoms with Crippen molar-refractivity contribution in [3.63, 3.8) is 0 Å². The van der Waals surface area contributed by atoms with Crippen molar-refractivity contribution in [1.82, 2.24) is 5.32 Å². The third kappa shape index (κ3) is 7.70. The molecular weight excluding hydrogens is 196 g/mol. The number of hydrogen-bond acceptors (Lipinski definition) is 2. The third-order valence-corrected chi connectivity index (χ3v) is 3.23. The van der Waals surface area contributed by atoms with Gasteiger partial charge in [0.25, 0.3) is 0 Å². The van der Waals surface area contributed by atoms with Crippen LogP contribution in [0.3, 0.4) is 0 Å². The lowest BCUT2D eigenvalue weighted by Crippen LogP contribution is -2.29. The first kappa shape index (κ1) is 15.4. The van der Waals surface area contributed by atoms with Crippen LogP contribution in [0.15, 0.2) is 0 Å². The summed E-state index contributed by atoms with van der Waals surface area (Å²) in [6.07, 6.45) is 4.57. The standard InChI is InChI=1S/C14H28N2/c1-6-12(2)10-13(3)16-9-7-8-14(4,5)11-15/h12-13,16H,6-10H2,1-5H3. The largest absolute Gasteiger partial charge is 0.314 e. The van der Waals surface area contributed by atoms with E-state index in [9.17, 15) is 0 Å². The first-order valence-electron chi connectivity index (χ1n) is 6.56. The van der Waals surface area contributed by atoms with Crippen molar-refractivity contribution in [1.29, 1.82) is 5.26 Å². The molecule has 0 radical (unpaired) electrons. The van der Waals surface area contributed by atoms with E-state index in [0.29, 0.717) is 6.04 Å². The minimum absolute atomic E-state index is 0.165. The van der Waals surface area contributed by atoms with Crippen LogP contribution >= 0.6 is 0 Å². The molecular formula is C14H28N2. The first-order valence-corrected chi connectivity index (χ1v) is 6.56. The lowest BCUT2D eigenvalue weighted by Gasteiger charge is -2.19. The molecule has 0 saturated carbocycles. The fourth-order valence-electron chi connectivity index (χ4n) is 1.79. The zero-order valence-electron chi connectivity index (χ0n) is 11.6. The molecule has 2 heteroatoms. The van der Waals surface area contributed by atoms with E-state index in [-0.39, 0.29) is 5.41 Å². The number of nitriles is 1. The minimum atomic E-state index is -0.165. The smallest absolute Gasteiger partial charge is 0.0683 e. The summed E-state index contributed by atoms with van der Waals surface area (Å²) in [4.78, 5) is 0. The van der Waals surface area contributed by atoms with Crippen molar-refractivity contribution < 1.29 is 0 Å². The Morgan fingerprint density at radius 2 is 1.94 bits per heavy atom. The maximum atomic E-state index is 8.88. The summed E-state index contributed by atoms with van der Waals surface area (Å²) in [6.45, 7) is 11.8. The van der Waals surface area contributed by atoms with Crippen LogP contribution in [0.25, 0.3) is 0 Å². The molecule has 0 aromatic carbocycles. The van der Waals surface area contributed by atoms with Crippen molar-refractivity contribution in [3.8, 4) is 6.07 Å². The van der Waals surface area contributed by atoms with Gasteiger partial charge >= 0.3 is 0 Å². The Balaban J connectivity index is 3.56. The summed E-state index contributed by atoms with van der Waals surface area (Å²) < 4.78 is 0. The van der Waals surface area contributed by atoms with Crippen LogP contribution in [-0.2, 0) is 0 Å². The van der Waals surface area contributed by atoms with Crippen LogP contribution in [-0.4, -0.2) is 12.6 Å². The van der Waals surface area contributed by atoms with Crippen molar-refractivity contribution in [3.05, 3.63) is 0 Å². The number of hydrogen-bond donors (Lipinski definition) is 1. The zero-order valence-corrected chi connectivity index (χ0v) is 11.6. The maximum Gasteiger partial charge on any atom is 0.0683 e. The molecule has 2 unspecified atom stereocenters. The van der Waals surface area contributed by atoms with Gasteiger partial charge in [-0.25, -0.2) is 0 Å². The van der Waals surface area contributed by atoms with E-state index < -0.39 is 0 Å². The Morgan fingerprint density at radius 3 is 2.44 bits per heavy atom. The van der Waals surface area contributed by atoms with Crippen molar-refractivity contribution in [2.75, 3.05) is 6.54 Å². The first-order chi connectivity index (χ1) is 7.41. The van der Waals surface area contributed by atoms with Crippen LogP contribution in [0.2, 0.25) is 0 Å². The minimum Gasteiger partial charge on any atom is -0.314 e. The third-order valence-electron chi connectivity index (χ3n) is 3.23. The van der Waals surface area contributed by atoms with Crippen molar-refractivity contribution in [2.24, 2.45) is 11.3 Å². The highest BCUT2D eigenvalue weighted by atomic mass is 14.9. The highest BCUT2D eigenvalue weighted by molar-refractivity contribution is 4.91. The Morgan fingerprint density at radius 1 is 1.31 bits per heavy atom. The molecule has 1 N–H and O–H groups in total. The molecule has 0 saturated heterocycles. The highest BCUT2D eigenvalue weighted by Gasteiger charge is 2.15. The van der Waals surface area contributed by atoms with Gasteiger partial charge in [-0.05, 0) is 52.5 Å². The second-order valence-corrected chi connectivity index (χ2v) is 5.70. The predicted molar refractivity (Wildman–Crippen MR) is 70.2 cm³/mol. The van der Waals surface area contributed by atoms with Gasteiger partial charge in [0.2, 0.25) is 0 Å². The number of rotatable bonds is 8. The van der Waals surface area contributed by atoms with Crippen molar-refractivity contribution >= 4 is 0 Å². The molecule has 94 valence electrons. The highest BCUT2D eigenvalue weighted by Crippen LogP contribution is 2.20. The van der Waals surface area contributed by atoms with E-state index in [1.54, 1.807) is 0 Å². The molecule has 0 amide bonds. The summed E-state index contributed by atoms with van der Waals surface area (Å²) in [5.74, 6) is 0.804. The number of nitrogens with one attached hydrogen (secondary N) is 1. The van der Waals surface area contributed by atoms with Crippen molar-refractivity contribution in [2.45, 2.75) is 66.3 Å². The molecule has 0 aliphatic carbocycles. The molecule has 2 atom stereocenters. The number of nitrogens with zero attached hydrogens (tertiary/aromatic N) is 1. The van der Waals surface area contributed by atoms with E-state index in [2.05, 4.69) is 32.2 Å². The van der Waals surface area contributed by atoms with Gasteiger partial charge in [-0.15, -0.1) is 0 Å². The fraction of sp³-hybridized carbons (Fsp3) is 0.929. The Kier molecular flexibility index (Phi) is 7.42. The molecule has 0 heterocycles. The Bertz CT molecular complexity index is 215. The average Bonchev–Trinajstić information content (AvgIpc) is 2.24. The molecule has 16 heavy (non-hydrogen) atoms. The predicted octanol–water partition coefficient (Wildman–Crippen LogP) is 3.73. The van der Waals surface area contributed by atoms with Gasteiger partial charge in [-0.2, -0.15) is 5.26 Å². The molecule has 0 aliphatic heterocycles. The summed E-state index contributed by atoms with van der Waals surface area (Å²) in [7, 11) is 0. The van der Waals surface area contributed by atoms with Gasteiger partial charge in [-0.3, -0.25) is 0 Å². The van der Waals surface area contributed by atoms with Crippen LogP contribution in [0.1, 0.15) is 60.3 Å². The molecule has 0 aromatic rings. The van der Waals surface area contributed by atoms with E-state index in [4.69, 9.17) is 5.26 Å². The second kappa shape index (κ2) is 7.68. The topological polar surface area (TPSA) is 35.8 Å². The maximum absolute atomic E-state index is 8.88. The molecule has 0 aliphatic rings. The van der Waals surface area contributed by atoms with Crippen LogP contribution in [0.4, 0.5) is 0 Å². The van der Waals surface area contributed by atoms with Gasteiger partial charge in [0.05, 0.1) is 11.5 Å². The van der Waals surface area contributed by atoms with Crippen LogP contribution in [0, 0.1) is 22.7 Å². The fourth-order valence-corrected chi connectivity index (χ4v) is 1.79.